The molecule has 1 saturated carbocycles. The van der Waals surface area contributed by atoms with Crippen LogP contribution in [0.3, 0.4) is 0 Å². The Morgan fingerprint density at radius 3 is 2.94 bits per heavy atom. The van der Waals surface area contributed by atoms with Gasteiger partial charge in [-0.05, 0) is 40.8 Å². The van der Waals surface area contributed by atoms with Gasteiger partial charge in [-0.3, -0.25) is 0 Å². The van der Waals surface area contributed by atoms with E-state index in [9.17, 15) is 4.39 Å². The van der Waals surface area contributed by atoms with Crippen molar-refractivity contribution in [1.29, 1.82) is 0 Å². The third-order valence-electron chi connectivity index (χ3n) is 3.81. The molecule has 0 radical (unpaired) electrons. The van der Waals surface area contributed by atoms with E-state index in [1.165, 1.54) is 38.2 Å². The predicted octanol–water partition coefficient (Wildman–Crippen LogP) is 4.55. The van der Waals surface area contributed by atoms with E-state index in [4.69, 9.17) is 5.73 Å². The lowest BCUT2D eigenvalue weighted by Gasteiger charge is -2.30. The Balaban J connectivity index is 2.07. The van der Waals surface area contributed by atoms with Crippen molar-refractivity contribution < 1.29 is 4.39 Å². The van der Waals surface area contributed by atoms with Gasteiger partial charge >= 0.3 is 0 Å². The van der Waals surface area contributed by atoms with Gasteiger partial charge in [-0.1, -0.05) is 26.2 Å². The van der Waals surface area contributed by atoms with E-state index >= 15 is 0 Å². The fraction of sp³-hybridized carbons (Fsp3) is 0.571. The first-order chi connectivity index (χ1) is 8.60. The molecular formula is C14H20BrFN2. The van der Waals surface area contributed by atoms with Crippen LogP contribution < -0.4 is 11.1 Å². The van der Waals surface area contributed by atoms with Crippen LogP contribution in [-0.2, 0) is 0 Å². The van der Waals surface area contributed by atoms with Gasteiger partial charge in [0.05, 0.1) is 15.8 Å². The van der Waals surface area contributed by atoms with Crippen LogP contribution in [0.2, 0.25) is 0 Å². The van der Waals surface area contributed by atoms with Gasteiger partial charge < -0.3 is 11.1 Å². The SMILES string of the molecule is CCC1CCCC(Nc2cc(Br)c(F)cc2N)C1. The highest BCUT2D eigenvalue weighted by Crippen LogP contribution is 2.32. The number of halogens is 2. The maximum Gasteiger partial charge on any atom is 0.139 e. The van der Waals surface area contributed by atoms with Crippen molar-refractivity contribution in [2.75, 3.05) is 11.1 Å². The van der Waals surface area contributed by atoms with Gasteiger partial charge in [-0.15, -0.1) is 0 Å². The molecule has 0 heterocycles. The third kappa shape index (κ3) is 3.16. The average Bonchev–Trinajstić information content (AvgIpc) is 2.36. The van der Waals surface area contributed by atoms with Crippen LogP contribution in [0.5, 0.6) is 0 Å². The highest BCUT2D eigenvalue weighted by molar-refractivity contribution is 9.10. The van der Waals surface area contributed by atoms with Crippen LogP contribution >= 0.6 is 15.9 Å². The molecule has 2 unspecified atom stereocenters. The second-order valence-electron chi connectivity index (χ2n) is 5.14. The second kappa shape index (κ2) is 5.91. The lowest BCUT2D eigenvalue weighted by molar-refractivity contribution is 0.327. The molecular weight excluding hydrogens is 295 g/mol. The standard InChI is InChI=1S/C14H20BrFN2/c1-2-9-4-3-5-10(6-9)18-14-7-11(15)12(16)8-13(14)17/h7-10,18H,2-6,17H2,1H3. The van der Waals surface area contributed by atoms with Crippen molar-refractivity contribution >= 4 is 27.3 Å². The van der Waals surface area contributed by atoms with Crippen LogP contribution in [0.4, 0.5) is 15.8 Å². The molecule has 1 aromatic rings. The quantitative estimate of drug-likeness (QED) is 0.803. The molecule has 0 aliphatic heterocycles. The Morgan fingerprint density at radius 1 is 1.44 bits per heavy atom. The van der Waals surface area contributed by atoms with Crippen LogP contribution in [0, 0.1) is 11.7 Å². The summed E-state index contributed by atoms with van der Waals surface area (Å²) in [6.45, 7) is 2.25. The molecule has 1 aliphatic rings. The number of nitrogens with one attached hydrogen (secondary N) is 1. The van der Waals surface area contributed by atoms with Crippen LogP contribution in [0.1, 0.15) is 39.0 Å². The van der Waals surface area contributed by atoms with Crippen LogP contribution in [0.25, 0.3) is 0 Å². The minimum atomic E-state index is -0.312. The van der Waals surface area contributed by atoms with Gasteiger partial charge in [0.25, 0.3) is 0 Å². The van der Waals surface area contributed by atoms with Gasteiger partial charge in [-0.25, -0.2) is 4.39 Å². The smallest absolute Gasteiger partial charge is 0.139 e. The molecule has 0 bridgehead atoms. The summed E-state index contributed by atoms with van der Waals surface area (Å²) >= 11 is 3.20. The summed E-state index contributed by atoms with van der Waals surface area (Å²) in [6, 6.07) is 3.57. The molecule has 2 atom stereocenters. The Labute approximate surface area is 116 Å². The van der Waals surface area contributed by atoms with E-state index in [-0.39, 0.29) is 5.82 Å². The molecule has 0 spiro atoms. The summed E-state index contributed by atoms with van der Waals surface area (Å²) in [5.41, 5.74) is 7.17. The number of anilines is 2. The van der Waals surface area contributed by atoms with Gasteiger partial charge in [0, 0.05) is 12.1 Å². The Kier molecular flexibility index (Phi) is 4.49. The third-order valence-corrected chi connectivity index (χ3v) is 4.42. The first-order valence-electron chi connectivity index (χ1n) is 6.61. The predicted molar refractivity (Wildman–Crippen MR) is 78.2 cm³/mol. The topological polar surface area (TPSA) is 38.0 Å². The molecule has 18 heavy (non-hydrogen) atoms. The molecule has 2 rings (SSSR count). The molecule has 1 aliphatic carbocycles. The van der Waals surface area contributed by atoms with Gasteiger partial charge in [0.15, 0.2) is 0 Å². The normalized spacial score (nSPS) is 23.9. The fourth-order valence-corrected chi connectivity index (χ4v) is 3.04. The maximum atomic E-state index is 13.3. The molecule has 1 aromatic carbocycles. The minimum absolute atomic E-state index is 0.312. The van der Waals surface area contributed by atoms with E-state index in [1.807, 2.05) is 0 Å². The molecule has 3 N–H and O–H groups in total. The van der Waals surface area contributed by atoms with E-state index < -0.39 is 0 Å². The maximum absolute atomic E-state index is 13.3. The van der Waals surface area contributed by atoms with Crippen molar-refractivity contribution in [3.05, 3.63) is 22.4 Å². The van der Waals surface area contributed by atoms with Crippen LogP contribution in [0.15, 0.2) is 16.6 Å². The Hall–Kier alpha value is -0.770. The van der Waals surface area contributed by atoms with Crippen molar-refractivity contribution in [3.63, 3.8) is 0 Å². The van der Waals surface area contributed by atoms with Crippen molar-refractivity contribution in [2.24, 2.45) is 5.92 Å². The summed E-state index contributed by atoms with van der Waals surface area (Å²) in [6.07, 6.45) is 6.19. The molecule has 0 aromatic heterocycles. The largest absolute Gasteiger partial charge is 0.397 e. The summed E-state index contributed by atoms with van der Waals surface area (Å²) in [4.78, 5) is 0. The van der Waals surface area contributed by atoms with E-state index in [0.29, 0.717) is 16.2 Å². The number of rotatable bonds is 3. The van der Waals surface area contributed by atoms with Crippen molar-refractivity contribution in [2.45, 2.75) is 45.1 Å². The van der Waals surface area contributed by atoms with E-state index in [0.717, 1.165) is 11.6 Å². The highest BCUT2D eigenvalue weighted by Gasteiger charge is 2.21. The zero-order chi connectivity index (χ0) is 13.1. The van der Waals surface area contributed by atoms with Gasteiger partial charge in [0.1, 0.15) is 5.82 Å². The first kappa shape index (κ1) is 13.7. The lowest BCUT2D eigenvalue weighted by atomic mass is 9.84. The number of hydrogen-bond donors (Lipinski definition) is 2. The molecule has 4 heteroatoms. The van der Waals surface area contributed by atoms with Crippen molar-refractivity contribution in [1.82, 2.24) is 0 Å². The summed E-state index contributed by atoms with van der Waals surface area (Å²) in [5, 5.41) is 3.46. The van der Waals surface area contributed by atoms with Gasteiger partial charge in [0.2, 0.25) is 0 Å². The van der Waals surface area contributed by atoms with Crippen LogP contribution in [-0.4, -0.2) is 6.04 Å². The number of benzene rings is 1. The summed E-state index contributed by atoms with van der Waals surface area (Å²) in [7, 11) is 0. The molecule has 1 fully saturated rings. The molecule has 2 nitrogen and oxygen atoms in total. The summed E-state index contributed by atoms with van der Waals surface area (Å²) < 4.78 is 13.8. The average molecular weight is 315 g/mol. The minimum Gasteiger partial charge on any atom is -0.397 e. The number of nitrogen functional groups attached to an aromatic ring is 1. The first-order valence-corrected chi connectivity index (χ1v) is 7.40. The highest BCUT2D eigenvalue weighted by atomic mass is 79.9. The van der Waals surface area contributed by atoms with E-state index in [1.54, 1.807) is 6.07 Å². The Bertz CT molecular complexity index is 423. The number of nitrogens with two attached hydrogens (primary N) is 1. The fourth-order valence-electron chi connectivity index (χ4n) is 2.70. The molecule has 100 valence electrons. The summed E-state index contributed by atoms with van der Waals surface area (Å²) in [5.74, 6) is 0.495. The molecule has 0 saturated heterocycles. The lowest BCUT2D eigenvalue weighted by Crippen LogP contribution is -2.27. The number of hydrogen-bond acceptors (Lipinski definition) is 2. The monoisotopic (exact) mass is 314 g/mol. The van der Waals surface area contributed by atoms with Crippen molar-refractivity contribution in [3.8, 4) is 0 Å². The molecule has 0 amide bonds. The van der Waals surface area contributed by atoms with E-state index in [2.05, 4.69) is 28.2 Å². The Morgan fingerprint density at radius 2 is 2.22 bits per heavy atom. The zero-order valence-corrected chi connectivity index (χ0v) is 12.3. The second-order valence-corrected chi connectivity index (χ2v) is 5.99. The van der Waals surface area contributed by atoms with Gasteiger partial charge in [-0.2, -0.15) is 0 Å². The zero-order valence-electron chi connectivity index (χ0n) is 10.7.